The molecule has 4 nitrogen and oxygen atoms in total. The number of anilines is 1. The van der Waals surface area contributed by atoms with Crippen molar-refractivity contribution < 1.29 is 22.7 Å². The highest BCUT2D eigenvalue weighted by atomic mass is 19.4. The first-order chi connectivity index (χ1) is 8.79. The lowest BCUT2D eigenvalue weighted by Gasteiger charge is -2.10. The van der Waals surface area contributed by atoms with E-state index in [1.807, 2.05) is 6.92 Å². The third kappa shape index (κ3) is 5.60. The van der Waals surface area contributed by atoms with E-state index >= 15 is 0 Å². The number of rotatable bonds is 5. The van der Waals surface area contributed by atoms with Crippen LogP contribution in [0.25, 0.3) is 0 Å². The fraction of sp³-hybridized carbons (Fsp3) is 0.417. The molecule has 1 aromatic rings. The van der Waals surface area contributed by atoms with Crippen LogP contribution in [0.1, 0.15) is 15.9 Å². The molecule has 0 unspecified atom stereocenters. The molecule has 0 aromatic heterocycles. The van der Waals surface area contributed by atoms with Gasteiger partial charge in [0.05, 0.1) is 12.2 Å². The van der Waals surface area contributed by atoms with E-state index in [1.54, 1.807) is 18.2 Å². The maximum absolute atomic E-state index is 11.8. The van der Waals surface area contributed by atoms with E-state index in [2.05, 4.69) is 10.1 Å². The summed E-state index contributed by atoms with van der Waals surface area (Å²) in [5, 5.41) is 2.44. The van der Waals surface area contributed by atoms with Crippen LogP contribution < -0.4 is 11.1 Å². The Bertz CT molecular complexity index is 447. The third-order valence-corrected chi connectivity index (χ3v) is 2.25. The lowest BCUT2D eigenvalue weighted by molar-refractivity contribution is -0.173. The minimum absolute atomic E-state index is 0.0116. The van der Waals surface area contributed by atoms with Crippen LogP contribution in [0.3, 0.4) is 0 Å². The van der Waals surface area contributed by atoms with Crippen molar-refractivity contribution in [3.63, 3.8) is 0 Å². The van der Waals surface area contributed by atoms with Gasteiger partial charge in [-0.2, -0.15) is 13.2 Å². The van der Waals surface area contributed by atoms with Gasteiger partial charge in [0.1, 0.15) is 6.61 Å². The molecule has 0 spiro atoms. The summed E-state index contributed by atoms with van der Waals surface area (Å²) >= 11 is 0. The van der Waals surface area contributed by atoms with Gasteiger partial charge >= 0.3 is 6.18 Å². The van der Waals surface area contributed by atoms with Gasteiger partial charge in [0.2, 0.25) is 0 Å². The van der Waals surface area contributed by atoms with Crippen LogP contribution in [0.15, 0.2) is 18.2 Å². The number of amides is 1. The molecule has 0 heterocycles. The van der Waals surface area contributed by atoms with Gasteiger partial charge in [0.25, 0.3) is 5.91 Å². The molecule has 106 valence electrons. The first-order valence-corrected chi connectivity index (χ1v) is 5.58. The van der Waals surface area contributed by atoms with Crippen molar-refractivity contribution in [3.8, 4) is 0 Å². The summed E-state index contributed by atoms with van der Waals surface area (Å²) in [4.78, 5) is 11.7. The van der Waals surface area contributed by atoms with Gasteiger partial charge in [0.15, 0.2) is 0 Å². The molecule has 0 bridgehead atoms. The van der Waals surface area contributed by atoms with E-state index in [1.165, 1.54) is 0 Å². The minimum atomic E-state index is -4.36. The molecule has 0 radical (unpaired) electrons. The summed E-state index contributed by atoms with van der Waals surface area (Å²) in [5.41, 5.74) is 7.13. The second kappa shape index (κ2) is 6.42. The normalized spacial score (nSPS) is 11.4. The highest BCUT2D eigenvalue weighted by molar-refractivity contribution is 5.99. The Kier molecular flexibility index (Phi) is 5.17. The monoisotopic (exact) mass is 276 g/mol. The molecule has 1 amide bonds. The Balaban J connectivity index is 2.38. The number of alkyl halides is 3. The summed E-state index contributed by atoms with van der Waals surface area (Å²) in [6.45, 7) is 0.261. The Morgan fingerprint density at radius 3 is 2.74 bits per heavy atom. The SMILES string of the molecule is Cc1ccc(N)c(C(=O)NCCOCC(F)(F)F)c1. The Labute approximate surface area is 108 Å². The predicted octanol–water partition coefficient (Wildman–Crippen LogP) is 1.89. The fourth-order valence-corrected chi connectivity index (χ4v) is 1.39. The largest absolute Gasteiger partial charge is 0.411 e. The first-order valence-electron chi connectivity index (χ1n) is 5.58. The second-order valence-electron chi connectivity index (χ2n) is 4.01. The van der Waals surface area contributed by atoms with Crippen LogP contribution in [0.2, 0.25) is 0 Å². The molecule has 0 aliphatic rings. The molecule has 7 heteroatoms. The quantitative estimate of drug-likeness (QED) is 0.637. The Morgan fingerprint density at radius 2 is 2.11 bits per heavy atom. The zero-order chi connectivity index (χ0) is 14.5. The van der Waals surface area contributed by atoms with Crippen LogP contribution >= 0.6 is 0 Å². The van der Waals surface area contributed by atoms with Gasteiger partial charge in [-0.05, 0) is 19.1 Å². The number of aryl methyl sites for hydroxylation is 1. The van der Waals surface area contributed by atoms with Crippen molar-refractivity contribution in [1.29, 1.82) is 0 Å². The molecule has 1 rings (SSSR count). The molecular weight excluding hydrogens is 261 g/mol. The van der Waals surface area contributed by atoms with E-state index in [9.17, 15) is 18.0 Å². The number of halogens is 3. The van der Waals surface area contributed by atoms with Crippen molar-refractivity contribution >= 4 is 11.6 Å². The van der Waals surface area contributed by atoms with Crippen LogP contribution in [0.4, 0.5) is 18.9 Å². The van der Waals surface area contributed by atoms with Gasteiger partial charge in [0, 0.05) is 12.2 Å². The van der Waals surface area contributed by atoms with Crippen molar-refractivity contribution in [1.82, 2.24) is 5.32 Å². The van der Waals surface area contributed by atoms with E-state index in [-0.39, 0.29) is 13.2 Å². The number of carbonyl (C=O) groups is 1. The van der Waals surface area contributed by atoms with Gasteiger partial charge in [-0.3, -0.25) is 4.79 Å². The van der Waals surface area contributed by atoms with Crippen LogP contribution in [0, 0.1) is 6.92 Å². The summed E-state index contributed by atoms with van der Waals surface area (Å²) in [6, 6.07) is 4.98. The molecule has 0 atom stereocenters. The van der Waals surface area contributed by atoms with E-state index in [4.69, 9.17) is 5.73 Å². The minimum Gasteiger partial charge on any atom is -0.398 e. The van der Waals surface area contributed by atoms with Crippen LogP contribution in [-0.2, 0) is 4.74 Å². The Morgan fingerprint density at radius 1 is 1.42 bits per heavy atom. The van der Waals surface area contributed by atoms with E-state index < -0.39 is 18.7 Å². The average Bonchev–Trinajstić information content (AvgIpc) is 2.30. The van der Waals surface area contributed by atoms with E-state index in [0.29, 0.717) is 11.3 Å². The number of benzene rings is 1. The highest BCUT2D eigenvalue weighted by Crippen LogP contribution is 2.14. The molecule has 0 saturated heterocycles. The number of hydrogen-bond acceptors (Lipinski definition) is 3. The van der Waals surface area contributed by atoms with Gasteiger partial charge in [-0.1, -0.05) is 11.6 Å². The van der Waals surface area contributed by atoms with Crippen LogP contribution in [0.5, 0.6) is 0 Å². The zero-order valence-electron chi connectivity index (χ0n) is 10.4. The highest BCUT2D eigenvalue weighted by Gasteiger charge is 2.27. The summed E-state index contributed by atoms with van der Waals surface area (Å²) in [7, 11) is 0. The Hall–Kier alpha value is -1.76. The molecule has 3 N–H and O–H groups in total. The van der Waals surface area contributed by atoms with Gasteiger partial charge < -0.3 is 15.8 Å². The maximum atomic E-state index is 11.8. The van der Waals surface area contributed by atoms with Crippen LogP contribution in [-0.4, -0.2) is 31.8 Å². The van der Waals surface area contributed by atoms with Crippen molar-refractivity contribution in [3.05, 3.63) is 29.3 Å². The number of hydrogen-bond donors (Lipinski definition) is 2. The molecule has 0 aliphatic carbocycles. The first kappa shape index (κ1) is 15.3. The summed E-state index contributed by atoms with van der Waals surface area (Å²) < 4.78 is 39.7. The fourth-order valence-electron chi connectivity index (χ4n) is 1.39. The predicted molar refractivity (Wildman–Crippen MR) is 64.8 cm³/mol. The van der Waals surface area contributed by atoms with Gasteiger partial charge in [-0.15, -0.1) is 0 Å². The van der Waals surface area contributed by atoms with Crippen molar-refractivity contribution in [2.75, 3.05) is 25.5 Å². The number of ether oxygens (including phenoxy) is 1. The number of nitrogens with two attached hydrogens (primary N) is 1. The number of nitrogen functional groups attached to an aromatic ring is 1. The summed E-state index contributed by atoms with van der Waals surface area (Å²) in [5.74, 6) is -0.434. The molecule has 1 aromatic carbocycles. The molecular formula is C12H15F3N2O2. The summed E-state index contributed by atoms with van der Waals surface area (Å²) in [6.07, 6.45) is -4.36. The molecule has 0 saturated carbocycles. The standard InChI is InChI=1S/C12H15F3N2O2/c1-8-2-3-10(16)9(6-8)11(18)17-4-5-19-7-12(13,14)15/h2-3,6H,4-5,7,16H2,1H3,(H,17,18). The molecule has 19 heavy (non-hydrogen) atoms. The topological polar surface area (TPSA) is 64.4 Å². The lowest BCUT2D eigenvalue weighted by Crippen LogP contribution is -2.29. The smallest absolute Gasteiger partial charge is 0.398 e. The third-order valence-electron chi connectivity index (χ3n) is 2.25. The van der Waals surface area contributed by atoms with Gasteiger partial charge in [-0.25, -0.2) is 0 Å². The van der Waals surface area contributed by atoms with E-state index in [0.717, 1.165) is 5.56 Å². The zero-order valence-corrected chi connectivity index (χ0v) is 10.4. The molecule has 0 fully saturated rings. The number of nitrogens with one attached hydrogen (secondary N) is 1. The average molecular weight is 276 g/mol. The lowest BCUT2D eigenvalue weighted by atomic mass is 10.1. The maximum Gasteiger partial charge on any atom is 0.411 e. The second-order valence-corrected chi connectivity index (χ2v) is 4.01. The van der Waals surface area contributed by atoms with Crippen molar-refractivity contribution in [2.45, 2.75) is 13.1 Å². The van der Waals surface area contributed by atoms with Crippen molar-refractivity contribution in [2.24, 2.45) is 0 Å². The number of carbonyl (C=O) groups excluding carboxylic acids is 1. The molecule has 0 aliphatic heterocycles.